The lowest BCUT2D eigenvalue weighted by Gasteiger charge is -2.04. The molecular formula is C12H9Cl2NO2S. The normalized spacial score (nSPS) is 10.6. The monoisotopic (exact) mass is 301 g/mol. The van der Waals surface area contributed by atoms with Gasteiger partial charge in [0.1, 0.15) is 4.34 Å². The Labute approximate surface area is 118 Å². The second-order valence-electron chi connectivity index (χ2n) is 3.83. The van der Waals surface area contributed by atoms with Crippen molar-refractivity contribution in [3.63, 3.8) is 0 Å². The molecule has 0 aliphatic heterocycles. The number of halogens is 2. The zero-order valence-electron chi connectivity index (χ0n) is 9.44. The first kappa shape index (κ1) is 13.3. The van der Waals surface area contributed by atoms with Gasteiger partial charge in [-0.05, 0) is 24.6 Å². The molecule has 94 valence electrons. The smallest absolute Gasteiger partial charge is 0.251 e. The summed E-state index contributed by atoms with van der Waals surface area (Å²) in [4.78, 5) is 23.6. The van der Waals surface area contributed by atoms with Gasteiger partial charge in [0, 0.05) is 12.3 Å². The number of rotatable bonds is 3. The van der Waals surface area contributed by atoms with Gasteiger partial charge in [-0.25, -0.2) is 0 Å². The van der Waals surface area contributed by atoms with Crippen molar-refractivity contribution in [1.82, 2.24) is 4.57 Å². The minimum atomic E-state index is -0.228. The molecule has 0 saturated heterocycles. The molecule has 18 heavy (non-hydrogen) atoms. The van der Waals surface area contributed by atoms with Gasteiger partial charge in [0.2, 0.25) is 0 Å². The third-order valence-corrected chi connectivity index (χ3v) is 3.91. The summed E-state index contributed by atoms with van der Waals surface area (Å²) in [7, 11) is 0. The van der Waals surface area contributed by atoms with Crippen LogP contribution in [0.15, 0.2) is 29.2 Å². The molecule has 2 aromatic rings. The Balaban J connectivity index is 2.27. The first-order chi connectivity index (χ1) is 8.47. The predicted molar refractivity (Wildman–Crippen MR) is 74.1 cm³/mol. The van der Waals surface area contributed by atoms with Crippen molar-refractivity contribution in [2.24, 2.45) is 0 Å². The number of aromatic nitrogens is 1. The van der Waals surface area contributed by atoms with Gasteiger partial charge in [-0.2, -0.15) is 0 Å². The van der Waals surface area contributed by atoms with Crippen LogP contribution in [0.3, 0.4) is 0 Å². The summed E-state index contributed by atoms with van der Waals surface area (Å²) in [6, 6.07) is 4.78. The van der Waals surface area contributed by atoms with E-state index in [1.54, 1.807) is 12.3 Å². The highest BCUT2D eigenvalue weighted by molar-refractivity contribution is 7.20. The predicted octanol–water partition coefficient (Wildman–Crippen LogP) is 3.41. The van der Waals surface area contributed by atoms with Crippen LogP contribution >= 0.6 is 34.5 Å². The molecule has 2 heterocycles. The lowest BCUT2D eigenvalue weighted by molar-refractivity contribution is 0.0971. The van der Waals surface area contributed by atoms with Gasteiger partial charge in [0.15, 0.2) is 5.78 Å². The second-order valence-corrected chi connectivity index (χ2v) is 6.12. The Morgan fingerprint density at radius 3 is 2.67 bits per heavy atom. The highest BCUT2D eigenvalue weighted by Crippen LogP contribution is 2.31. The number of hydrogen-bond acceptors (Lipinski definition) is 3. The summed E-state index contributed by atoms with van der Waals surface area (Å²) in [6.07, 6.45) is 1.59. The van der Waals surface area contributed by atoms with Crippen molar-refractivity contribution < 1.29 is 4.79 Å². The van der Waals surface area contributed by atoms with Gasteiger partial charge in [0.25, 0.3) is 5.56 Å². The van der Waals surface area contributed by atoms with E-state index in [4.69, 9.17) is 23.2 Å². The maximum absolute atomic E-state index is 12.0. The molecule has 0 aliphatic carbocycles. The van der Waals surface area contributed by atoms with E-state index in [0.717, 1.165) is 16.9 Å². The minimum absolute atomic E-state index is 0.0358. The molecule has 3 nitrogen and oxygen atoms in total. The standard InChI is InChI=1S/C12H9Cl2NO2S/c1-7-2-3-15(11(17)4-7)6-9(16)8-5-10(13)18-12(8)14/h2-5H,6H2,1H3. The van der Waals surface area contributed by atoms with Gasteiger partial charge in [-0.3, -0.25) is 9.59 Å². The minimum Gasteiger partial charge on any atom is -0.308 e. The third-order valence-electron chi connectivity index (χ3n) is 2.42. The number of aryl methyl sites for hydroxylation is 1. The van der Waals surface area contributed by atoms with Gasteiger partial charge in [-0.15, -0.1) is 11.3 Å². The van der Waals surface area contributed by atoms with Gasteiger partial charge < -0.3 is 4.57 Å². The maximum atomic E-state index is 12.0. The highest BCUT2D eigenvalue weighted by atomic mass is 35.5. The number of carbonyl (C=O) groups is 1. The molecule has 6 heteroatoms. The molecule has 2 rings (SSSR count). The van der Waals surface area contributed by atoms with E-state index in [0.29, 0.717) is 14.2 Å². The van der Waals surface area contributed by atoms with Crippen LogP contribution in [0.4, 0.5) is 0 Å². The van der Waals surface area contributed by atoms with Crippen LogP contribution in [-0.4, -0.2) is 10.4 Å². The Morgan fingerprint density at radius 2 is 2.11 bits per heavy atom. The Bertz CT molecular complexity index is 660. The number of carbonyl (C=O) groups excluding carboxylic acids is 1. The van der Waals surface area contributed by atoms with Crippen molar-refractivity contribution in [2.45, 2.75) is 13.5 Å². The van der Waals surface area contributed by atoms with Crippen molar-refractivity contribution in [3.05, 3.63) is 54.5 Å². The maximum Gasteiger partial charge on any atom is 0.251 e. The summed E-state index contributed by atoms with van der Waals surface area (Å²) in [5, 5.41) is 0. The fourth-order valence-electron chi connectivity index (χ4n) is 1.51. The van der Waals surface area contributed by atoms with Crippen LogP contribution in [0.25, 0.3) is 0 Å². The largest absolute Gasteiger partial charge is 0.308 e. The molecule has 0 fully saturated rings. The molecule has 0 radical (unpaired) electrons. The molecule has 0 aromatic carbocycles. The van der Waals surface area contributed by atoms with Gasteiger partial charge >= 0.3 is 0 Å². The summed E-state index contributed by atoms with van der Waals surface area (Å²) >= 11 is 12.8. The molecule has 0 saturated carbocycles. The lowest BCUT2D eigenvalue weighted by atomic mass is 10.2. The molecule has 0 aliphatic rings. The average Bonchev–Trinajstić information content (AvgIpc) is 2.62. The number of Topliss-reactive ketones (excluding diaryl/α,β-unsaturated/α-hetero) is 1. The summed E-state index contributed by atoms with van der Waals surface area (Å²) in [6.45, 7) is 1.79. The molecule has 0 spiro atoms. The average molecular weight is 302 g/mol. The third kappa shape index (κ3) is 2.83. The number of hydrogen-bond donors (Lipinski definition) is 0. The van der Waals surface area contributed by atoms with Crippen LogP contribution < -0.4 is 5.56 Å². The zero-order chi connectivity index (χ0) is 13.3. The highest BCUT2D eigenvalue weighted by Gasteiger charge is 2.15. The van der Waals surface area contributed by atoms with Crippen LogP contribution in [0.5, 0.6) is 0 Å². The lowest BCUT2D eigenvalue weighted by Crippen LogP contribution is -2.23. The van der Waals surface area contributed by atoms with E-state index in [9.17, 15) is 9.59 Å². The molecule has 0 amide bonds. The fourth-order valence-corrected chi connectivity index (χ4v) is 3.01. The van der Waals surface area contributed by atoms with E-state index in [1.165, 1.54) is 16.7 Å². The molecule has 0 unspecified atom stereocenters. The molecule has 0 N–H and O–H groups in total. The summed E-state index contributed by atoms with van der Waals surface area (Å²) < 4.78 is 2.15. The SMILES string of the molecule is Cc1ccn(CC(=O)c2cc(Cl)sc2Cl)c(=O)c1. The molecule has 0 atom stereocenters. The first-order valence-electron chi connectivity index (χ1n) is 5.12. The van der Waals surface area contributed by atoms with Crippen molar-refractivity contribution in [3.8, 4) is 0 Å². The number of nitrogens with zero attached hydrogens (tertiary/aromatic N) is 1. The molecule has 0 bridgehead atoms. The van der Waals surface area contributed by atoms with Gasteiger partial charge in [-0.1, -0.05) is 23.2 Å². The van der Waals surface area contributed by atoms with Crippen molar-refractivity contribution in [1.29, 1.82) is 0 Å². The van der Waals surface area contributed by atoms with Gasteiger partial charge in [0.05, 0.1) is 16.4 Å². The Kier molecular flexibility index (Phi) is 3.90. The van der Waals surface area contributed by atoms with Crippen molar-refractivity contribution >= 4 is 40.3 Å². The van der Waals surface area contributed by atoms with E-state index >= 15 is 0 Å². The molecular weight excluding hydrogens is 293 g/mol. The second kappa shape index (κ2) is 5.26. The van der Waals surface area contributed by atoms with E-state index in [-0.39, 0.29) is 17.9 Å². The van der Waals surface area contributed by atoms with Crippen molar-refractivity contribution in [2.75, 3.05) is 0 Å². The first-order valence-corrected chi connectivity index (χ1v) is 6.70. The summed E-state index contributed by atoms with van der Waals surface area (Å²) in [5.74, 6) is -0.228. The molecule has 2 aromatic heterocycles. The fraction of sp³-hybridized carbons (Fsp3) is 0.167. The Morgan fingerprint density at radius 1 is 1.39 bits per heavy atom. The van der Waals surface area contributed by atoms with Crippen LogP contribution in [-0.2, 0) is 6.54 Å². The Hall–Kier alpha value is -1.10. The number of ketones is 1. The van der Waals surface area contributed by atoms with Crippen LogP contribution in [0, 0.1) is 6.92 Å². The van der Waals surface area contributed by atoms with E-state index in [1.807, 2.05) is 6.92 Å². The van der Waals surface area contributed by atoms with Crippen LogP contribution in [0.2, 0.25) is 8.67 Å². The summed E-state index contributed by atoms with van der Waals surface area (Å²) in [5.41, 5.74) is 1.01. The van der Waals surface area contributed by atoms with E-state index in [2.05, 4.69) is 0 Å². The zero-order valence-corrected chi connectivity index (χ0v) is 11.8. The quantitative estimate of drug-likeness (QED) is 0.815. The van der Waals surface area contributed by atoms with Crippen LogP contribution in [0.1, 0.15) is 15.9 Å². The number of pyridine rings is 1. The number of thiophene rings is 1. The topological polar surface area (TPSA) is 39.1 Å². The van der Waals surface area contributed by atoms with E-state index < -0.39 is 0 Å².